The number of hydrogen-bond donors (Lipinski definition) is 3. The Hall–Kier alpha value is -3.13. The van der Waals surface area contributed by atoms with E-state index in [0.29, 0.717) is 16.3 Å². The molecule has 0 aromatic heterocycles. The summed E-state index contributed by atoms with van der Waals surface area (Å²) in [6.45, 7) is 1.39. The first-order chi connectivity index (χ1) is 13.3. The number of rotatable bonds is 7. The van der Waals surface area contributed by atoms with Crippen LogP contribution >= 0.6 is 11.6 Å². The molecule has 0 fully saturated rings. The first kappa shape index (κ1) is 21.2. The average molecular weight is 408 g/mol. The number of anilines is 1. The van der Waals surface area contributed by atoms with Crippen molar-refractivity contribution in [3.63, 3.8) is 0 Å². The monoisotopic (exact) mass is 407 g/mol. The lowest BCUT2D eigenvalue weighted by Gasteiger charge is -2.20. The third kappa shape index (κ3) is 6.24. The molecular formula is C19H19ClFN3O4. The van der Waals surface area contributed by atoms with Gasteiger partial charge < -0.3 is 21.1 Å². The zero-order valence-corrected chi connectivity index (χ0v) is 15.7. The van der Waals surface area contributed by atoms with E-state index in [1.807, 2.05) is 0 Å². The van der Waals surface area contributed by atoms with Gasteiger partial charge in [-0.15, -0.1) is 0 Å². The summed E-state index contributed by atoms with van der Waals surface area (Å²) in [4.78, 5) is 35.6. The fraction of sp³-hybridized carbons (Fsp3) is 0.211. The molecule has 0 bridgehead atoms. The van der Waals surface area contributed by atoms with Crippen LogP contribution in [0.2, 0.25) is 5.02 Å². The Labute approximate surface area is 166 Å². The number of hydrogen-bond acceptors (Lipinski definition) is 4. The fourth-order valence-corrected chi connectivity index (χ4v) is 2.68. The minimum atomic E-state index is -1.11. The predicted molar refractivity (Wildman–Crippen MR) is 102 cm³/mol. The van der Waals surface area contributed by atoms with E-state index in [9.17, 15) is 18.8 Å². The quantitative estimate of drug-likeness (QED) is 0.612. The first-order valence-electron chi connectivity index (χ1n) is 8.32. The van der Waals surface area contributed by atoms with Crippen molar-refractivity contribution < 1.29 is 23.5 Å². The van der Waals surface area contributed by atoms with Crippen molar-refractivity contribution in [1.29, 1.82) is 0 Å². The molecule has 2 aromatic rings. The van der Waals surface area contributed by atoms with Crippen LogP contribution in [0.4, 0.5) is 14.9 Å². The molecule has 3 amide bonds. The Kier molecular flexibility index (Phi) is 7.34. The van der Waals surface area contributed by atoms with Gasteiger partial charge >= 0.3 is 12.0 Å². The molecule has 148 valence electrons. The van der Waals surface area contributed by atoms with Gasteiger partial charge in [0.1, 0.15) is 5.82 Å². The number of nitrogens with two attached hydrogens (primary N) is 1. The van der Waals surface area contributed by atoms with Crippen LogP contribution < -0.4 is 16.4 Å². The Balaban J connectivity index is 1.99. The summed E-state index contributed by atoms with van der Waals surface area (Å²) in [5.41, 5.74) is 6.02. The molecule has 2 aromatic carbocycles. The van der Waals surface area contributed by atoms with Gasteiger partial charge in [0.25, 0.3) is 5.91 Å². The summed E-state index contributed by atoms with van der Waals surface area (Å²) in [6, 6.07) is 10.1. The minimum absolute atomic E-state index is 0.277. The molecule has 0 aliphatic carbocycles. The second-order valence-corrected chi connectivity index (χ2v) is 6.32. The molecule has 0 radical (unpaired) electrons. The summed E-state index contributed by atoms with van der Waals surface area (Å²) in [5.74, 6) is -1.76. The maximum atomic E-state index is 12.9. The van der Waals surface area contributed by atoms with Gasteiger partial charge in [-0.3, -0.25) is 9.59 Å². The van der Waals surface area contributed by atoms with Gasteiger partial charge in [0.2, 0.25) is 0 Å². The Bertz CT molecular complexity index is 861. The number of esters is 1. The molecule has 0 aliphatic rings. The molecule has 2 rings (SSSR count). The average Bonchev–Trinajstić information content (AvgIpc) is 2.63. The highest BCUT2D eigenvalue weighted by Gasteiger charge is 2.24. The summed E-state index contributed by atoms with van der Waals surface area (Å²) < 4.78 is 18.0. The van der Waals surface area contributed by atoms with E-state index in [0.717, 1.165) is 0 Å². The number of amides is 3. The standard InChI is InChI=1S/C19H19ClFN3O4/c1-11(18(26)23-13-8-6-12(21)7-9-13)28-17(25)10-16(24-19(22)27)14-4-2-3-5-15(14)20/h2-9,11,16H,10H2,1H3,(H,23,26)(H3,22,24,27)/t11-,16+/m1/s1. The molecule has 9 heteroatoms. The van der Waals surface area contributed by atoms with Crippen molar-refractivity contribution in [1.82, 2.24) is 5.32 Å². The molecule has 2 atom stereocenters. The molecule has 0 heterocycles. The number of urea groups is 1. The summed E-state index contributed by atoms with van der Waals surface area (Å²) >= 11 is 6.11. The summed E-state index contributed by atoms with van der Waals surface area (Å²) in [7, 11) is 0. The van der Waals surface area contributed by atoms with E-state index in [2.05, 4.69) is 10.6 Å². The van der Waals surface area contributed by atoms with Crippen molar-refractivity contribution in [2.24, 2.45) is 5.73 Å². The third-order valence-electron chi connectivity index (χ3n) is 3.76. The highest BCUT2D eigenvalue weighted by Crippen LogP contribution is 2.25. The maximum Gasteiger partial charge on any atom is 0.312 e. The molecule has 0 saturated heterocycles. The van der Waals surface area contributed by atoms with Crippen LogP contribution in [0.1, 0.15) is 24.9 Å². The molecule has 0 aliphatic heterocycles. The molecule has 0 unspecified atom stereocenters. The number of primary amides is 1. The fourth-order valence-electron chi connectivity index (χ4n) is 2.41. The maximum absolute atomic E-state index is 12.9. The van der Waals surface area contributed by atoms with E-state index in [4.69, 9.17) is 22.1 Å². The van der Waals surface area contributed by atoms with Crippen LogP contribution in [-0.4, -0.2) is 24.0 Å². The van der Waals surface area contributed by atoms with E-state index < -0.39 is 35.9 Å². The smallest absolute Gasteiger partial charge is 0.312 e. The number of carbonyl (C=O) groups excluding carboxylic acids is 3. The van der Waals surface area contributed by atoms with Crippen molar-refractivity contribution in [3.05, 3.63) is 64.9 Å². The SMILES string of the molecule is C[C@@H](OC(=O)C[C@H](NC(N)=O)c1ccccc1Cl)C(=O)Nc1ccc(F)cc1. The topological polar surface area (TPSA) is 111 Å². The highest BCUT2D eigenvalue weighted by molar-refractivity contribution is 6.31. The largest absolute Gasteiger partial charge is 0.452 e. The van der Waals surface area contributed by atoms with Crippen LogP contribution in [0.3, 0.4) is 0 Å². The zero-order valence-electron chi connectivity index (χ0n) is 14.9. The summed E-state index contributed by atoms with van der Waals surface area (Å²) in [5, 5.41) is 5.28. The lowest BCUT2D eigenvalue weighted by molar-refractivity contribution is -0.153. The lowest BCUT2D eigenvalue weighted by atomic mass is 10.0. The third-order valence-corrected chi connectivity index (χ3v) is 4.10. The van der Waals surface area contributed by atoms with Gasteiger partial charge in [-0.1, -0.05) is 29.8 Å². The van der Waals surface area contributed by atoms with Crippen LogP contribution in [0.25, 0.3) is 0 Å². The van der Waals surface area contributed by atoms with Crippen LogP contribution in [-0.2, 0) is 14.3 Å². The molecule has 7 nitrogen and oxygen atoms in total. The van der Waals surface area contributed by atoms with Crippen molar-refractivity contribution in [2.75, 3.05) is 5.32 Å². The van der Waals surface area contributed by atoms with Gasteiger partial charge in [0, 0.05) is 10.7 Å². The molecule has 28 heavy (non-hydrogen) atoms. The van der Waals surface area contributed by atoms with Gasteiger partial charge in [-0.05, 0) is 42.8 Å². The number of carbonyl (C=O) groups is 3. The summed E-state index contributed by atoms with van der Waals surface area (Å²) in [6.07, 6.45) is -1.39. The number of ether oxygens (including phenoxy) is 1. The lowest BCUT2D eigenvalue weighted by Crippen LogP contribution is -2.36. The van der Waals surface area contributed by atoms with Gasteiger partial charge in [0.05, 0.1) is 12.5 Å². The predicted octanol–water partition coefficient (Wildman–Crippen LogP) is 3.15. The van der Waals surface area contributed by atoms with E-state index >= 15 is 0 Å². The second-order valence-electron chi connectivity index (χ2n) is 5.92. The van der Waals surface area contributed by atoms with Crippen molar-refractivity contribution in [2.45, 2.75) is 25.5 Å². The normalized spacial score (nSPS) is 12.5. The van der Waals surface area contributed by atoms with Crippen LogP contribution in [0, 0.1) is 5.82 Å². The second kappa shape index (κ2) is 9.70. The molecule has 0 saturated carbocycles. The number of nitrogens with one attached hydrogen (secondary N) is 2. The molecule has 4 N–H and O–H groups in total. The van der Waals surface area contributed by atoms with E-state index in [1.54, 1.807) is 24.3 Å². The minimum Gasteiger partial charge on any atom is -0.452 e. The molecular weight excluding hydrogens is 389 g/mol. The van der Waals surface area contributed by atoms with E-state index in [-0.39, 0.29) is 6.42 Å². The highest BCUT2D eigenvalue weighted by atomic mass is 35.5. The van der Waals surface area contributed by atoms with Gasteiger partial charge in [-0.25, -0.2) is 9.18 Å². The molecule has 0 spiro atoms. The Morgan fingerprint density at radius 1 is 1.14 bits per heavy atom. The van der Waals surface area contributed by atoms with Crippen molar-refractivity contribution >= 4 is 35.2 Å². The van der Waals surface area contributed by atoms with Crippen molar-refractivity contribution in [3.8, 4) is 0 Å². The number of benzene rings is 2. The van der Waals surface area contributed by atoms with Gasteiger partial charge in [-0.2, -0.15) is 0 Å². The number of halogens is 2. The Morgan fingerprint density at radius 3 is 2.39 bits per heavy atom. The van der Waals surface area contributed by atoms with Crippen LogP contribution in [0.5, 0.6) is 0 Å². The van der Waals surface area contributed by atoms with Crippen LogP contribution in [0.15, 0.2) is 48.5 Å². The Morgan fingerprint density at radius 2 is 1.79 bits per heavy atom. The zero-order chi connectivity index (χ0) is 20.7. The van der Waals surface area contributed by atoms with E-state index in [1.165, 1.54) is 31.2 Å². The first-order valence-corrected chi connectivity index (χ1v) is 8.70. The van der Waals surface area contributed by atoms with Gasteiger partial charge in [0.15, 0.2) is 6.10 Å².